The molecule has 0 aliphatic rings. The molecular weight excluding hydrogens is 252 g/mol. The minimum absolute atomic E-state index is 0.571. The molecule has 0 unspecified atom stereocenters. The van der Waals surface area contributed by atoms with Gasteiger partial charge < -0.3 is 10.2 Å². The lowest BCUT2D eigenvalue weighted by atomic mass is 9.66. The number of aliphatic hydroxyl groups is 1. The molecule has 2 aromatic carbocycles. The predicted molar refractivity (Wildman–Crippen MR) is 77.4 cm³/mol. The first-order valence-electron chi connectivity index (χ1n) is 6.47. The van der Waals surface area contributed by atoms with Crippen LogP contribution >= 0.6 is 0 Å². The van der Waals surface area contributed by atoms with Crippen LogP contribution in [0.5, 0.6) is 0 Å². The quantitative estimate of drug-likeness (QED) is 0.898. The Hall–Kier alpha value is -2.13. The van der Waals surface area contributed by atoms with Crippen LogP contribution in [0.2, 0.25) is 0 Å². The van der Waals surface area contributed by atoms with Gasteiger partial charge in [0.25, 0.3) is 0 Å². The van der Waals surface area contributed by atoms with Crippen LogP contribution in [0, 0.1) is 0 Å². The van der Waals surface area contributed by atoms with Crippen LogP contribution in [0.25, 0.3) is 0 Å². The molecule has 2 rings (SSSR count). The smallest absolute Gasteiger partial charge is 0.317 e. The molecule has 3 nitrogen and oxygen atoms in total. The van der Waals surface area contributed by atoms with Gasteiger partial charge in [-0.2, -0.15) is 0 Å². The fourth-order valence-electron chi connectivity index (χ4n) is 2.44. The van der Waals surface area contributed by atoms with Crippen LogP contribution in [0.15, 0.2) is 60.7 Å². The fourth-order valence-corrected chi connectivity index (χ4v) is 2.44. The summed E-state index contributed by atoms with van der Waals surface area (Å²) in [4.78, 5) is 11.9. The van der Waals surface area contributed by atoms with Crippen molar-refractivity contribution in [2.45, 2.75) is 24.9 Å². The number of carboxylic acid groups (broad SMARTS) is 1. The van der Waals surface area contributed by atoms with Gasteiger partial charge in [0.2, 0.25) is 0 Å². The monoisotopic (exact) mass is 270 g/mol. The first kappa shape index (κ1) is 14.3. The molecule has 0 radical (unpaired) electrons. The maximum Gasteiger partial charge on any atom is 0.317 e. The third-order valence-corrected chi connectivity index (χ3v) is 4.09. The molecule has 0 bridgehead atoms. The van der Waals surface area contributed by atoms with Crippen LogP contribution in [-0.4, -0.2) is 16.2 Å². The normalized spacial score (nSPS) is 16.9. The van der Waals surface area contributed by atoms with E-state index in [9.17, 15) is 15.0 Å². The molecule has 0 saturated carbocycles. The van der Waals surface area contributed by atoms with Gasteiger partial charge in [-0.25, -0.2) is 0 Å². The first-order valence-corrected chi connectivity index (χ1v) is 6.47. The molecule has 0 aliphatic heterocycles. The molecule has 2 atom stereocenters. The van der Waals surface area contributed by atoms with E-state index in [0.717, 1.165) is 0 Å². The molecule has 0 aliphatic carbocycles. The standard InChI is InChI=1S/C17H18O3/c1-16(15(18)19,13-9-5-3-6-10-13)17(2,20)14-11-7-4-8-12-14/h3-12,20H,1-2H3,(H,18,19)/t16-,17-/m1/s1. The summed E-state index contributed by atoms with van der Waals surface area (Å²) >= 11 is 0. The second-order valence-corrected chi connectivity index (χ2v) is 5.23. The summed E-state index contributed by atoms with van der Waals surface area (Å²) in [7, 11) is 0. The number of rotatable bonds is 4. The summed E-state index contributed by atoms with van der Waals surface area (Å²) in [5.74, 6) is -1.06. The molecular formula is C17H18O3. The highest BCUT2D eigenvalue weighted by Crippen LogP contribution is 2.42. The van der Waals surface area contributed by atoms with E-state index >= 15 is 0 Å². The van der Waals surface area contributed by atoms with E-state index in [4.69, 9.17) is 0 Å². The molecule has 0 saturated heterocycles. The lowest BCUT2D eigenvalue weighted by Gasteiger charge is -2.40. The van der Waals surface area contributed by atoms with Crippen molar-refractivity contribution in [2.75, 3.05) is 0 Å². The van der Waals surface area contributed by atoms with Crippen molar-refractivity contribution in [2.24, 2.45) is 0 Å². The Morgan fingerprint density at radius 3 is 1.65 bits per heavy atom. The van der Waals surface area contributed by atoms with Gasteiger partial charge in [0, 0.05) is 0 Å². The maximum absolute atomic E-state index is 11.9. The minimum Gasteiger partial charge on any atom is -0.480 e. The zero-order chi connectivity index (χ0) is 14.8. The van der Waals surface area contributed by atoms with Gasteiger partial charge in [-0.1, -0.05) is 60.7 Å². The topological polar surface area (TPSA) is 57.5 Å². The molecule has 0 amide bonds. The lowest BCUT2D eigenvalue weighted by Crippen LogP contribution is -2.50. The van der Waals surface area contributed by atoms with Crippen molar-refractivity contribution in [1.29, 1.82) is 0 Å². The van der Waals surface area contributed by atoms with Crippen molar-refractivity contribution >= 4 is 5.97 Å². The molecule has 20 heavy (non-hydrogen) atoms. The number of hydrogen-bond donors (Lipinski definition) is 2. The largest absolute Gasteiger partial charge is 0.480 e. The van der Waals surface area contributed by atoms with Gasteiger partial charge in [-0.15, -0.1) is 0 Å². The van der Waals surface area contributed by atoms with E-state index < -0.39 is 17.0 Å². The lowest BCUT2D eigenvalue weighted by molar-refractivity contribution is -0.155. The number of aliphatic carboxylic acids is 1. The average Bonchev–Trinajstić information content (AvgIpc) is 2.47. The highest BCUT2D eigenvalue weighted by Gasteiger charge is 2.51. The fraction of sp³-hybridized carbons (Fsp3) is 0.235. The molecule has 2 N–H and O–H groups in total. The van der Waals surface area contributed by atoms with Crippen LogP contribution in [-0.2, 0) is 15.8 Å². The Labute approximate surface area is 118 Å². The highest BCUT2D eigenvalue weighted by molar-refractivity contribution is 5.83. The molecule has 0 spiro atoms. The van der Waals surface area contributed by atoms with E-state index in [2.05, 4.69) is 0 Å². The minimum atomic E-state index is -1.53. The summed E-state index contributed by atoms with van der Waals surface area (Å²) in [6, 6.07) is 17.7. The zero-order valence-corrected chi connectivity index (χ0v) is 11.6. The number of carboxylic acids is 1. The number of benzene rings is 2. The third kappa shape index (κ3) is 2.10. The SMILES string of the molecule is C[C@](C(=O)O)(c1ccccc1)[C@](C)(O)c1ccccc1. The predicted octanol–water partition coefficient (Wildman–Crippen LogP) is 2.94. The molecule has 0 fully saturated rings. The maximum atomic E-state index is 11.9. The van der Waals surface area contributed by atoms with Gasteiger partial charge in [0.1, 0.15) is 11.0 Å². The molecule has 3 heteroatoms. The summed E-state index contributed by atoms with van der Waals surface area (Å²) in [5, 5.41) is 20.7. The van der Waals surface area contributed by atoms with Crippen LogP contribution in [0.3, 0.4) is 0 Å². The van der Waals surface area contributed by atoms with Crippen molar-refractivity contribution in [3.63, 3.8) is 0 Å². The van der Waals surface area contributed by atoms with Gasteiger partial charge in [-0.05, 0) is 25.0 Å². The second kappa shape index (κ2) is 5.10. The van der Waals surface area contributed by atoms with Gasteiger partial charge in [0.15, 0.2) is 0 Å². The van der Waals surface area contributed by atoms with Crippen molar-refractivity contribution in [3.05, 3.63) is 71.8 Å². The van der Waals surface area contributed by atoms with E-state index in [1.165, 1.54) is 0 Å². The summed E-state index contributed by atoms with van der Waals surface area (Å²) in [6.07, 6.45) is 0. The summed E-state index contributed by atoms with van der Waals surface area (Å²) in [6.45, 7) is 3.10. The van der Waals surface area contributed by atoms with Crippen molar-refractivity contribution < 1.29 is 15.0 Å². The highest BCUT2D eigenvalue weighted by atomic mass is 16.4. The Balaban J connectivity index is 2.62. The van der Waals surface area contributed by atoms with Crippen LogP contribution in [0.4, 0.5) is 0 Å². The Morgan fingerprint density at radius 1 is 0.850 bits per heavy atom. The first-order chi connectivity index (χ1) is 9.40. The zero-order valence-electron chi connectivity index (χ0n) is 11.6. The Bertz CT molecular complexity index is 590. The summed E-state index contributed by atoms with van der Waals surface area (Å²) in [5.41, 5.74) is -1.81. The number of carbonyl (C=O) groups is 1. The van der Waals surface area contributed by atoms with Crippen LogP contribution < -0.4 is 0 Å². The Morgan fingerprint density at radius 2 is 1.25 bits per heavy atom. The van der Waals surface area contributed by atoms with Crippen LogP contribution in [0.1, 0.15) is 25.0 Å². The molecule has 0 aromatic heterocycles. The average molecular weight is 270 g/mol. The van der Waals surface area contributed by atoms with E-state index in [1.807, 2.05) is 12.1 Å². The Kier molecular flexibility index (Phi) is 3.64. The van der Waals surface area contributed by atoms with Crippen molar-refractivity contribution in [1.82, 2.24) is 0 Å². The van der Waals surface area contributed by atoms with Gasteiger partial charge in [-0.3, -0.25) is 4.79 Å². The van der Waals surface area contributed by atoms with Gasteiger partial charge >= 0.3 is 5.97 Å². The number of hydrogen-bond acceptors (Lipinski definition) is 2. The molecule has 0 heterocycles. The molecule has 104 valence electrons. The van der Waals surface area contributed by atoms with E-state index in [-0.39, 0.29) is 0 Å². The molecule has 2 aromatic rings. The van der Waals surface area contributed by atoms with Gasteiger partial charge in [0.05, 0.1) is 0 Å². The van der Waals surface area contributed by atoms with Crippen molar-refractivity contribution in [3.8, 4) is 0 Å². The van der Waals surface area contributed by atoms with E-state index in [0.29, 0.717) is 11.1 Å². The third-order valence-electron chi connectivity index (χ3n) is 4.09. The van der Waals surface area contributed by atoms with E-state index in [1.54, 1.807) is 62.4 Å². The summed E-state index contributed by atoms with van der Waals surface area (Å²) < 4.78 is 0. The second-order valence-electron chi connectivity index (χ2n) is 5.23.